The summed E-state index contributed by atoms with van der Waals surface area (Å²) < 4.78 is 5.16. The van der Waals surface area contributed by atoms with Gasteiger partial charge in [-0.25, -0.2) is 0 Å². The molecule has 1 unspecified atom stereocenters. The van der Waals surface area contributed by atoms with Crippen LogP contribution in [0.2, 0.25) is 0 Å². The molecule has 0 aliphatic carbocycles. The summed E-state index contributed by atoms with van der Waals surface area (Å²) in [6.45, 7) is 6.43. The van der Waals surface area contributed by atoms with Crippen molar-refractivity contribution in [3.8, 4) is 0 Å². The number of carbonyl (C=O) groups excluding carboxylic acids is 1. The highest BCUT2D eigenvalue weighted by Crippen LogP contribution is 2.05. The van der Waals surface area contributed by atoms with Crippen LogP contribution in [-0.2, 0) is 16.1 Å². The van der Waals surface area contributed by atoms with Gasteiger partial charge in [0, 0.05) is 1.43 Å². The van der Waals surface area contributed by atoms with Gasteiger partial charge in [-0.3, -0.25) is 4.79 Å². The Morgan fingerprint density at radius 3 is 2.47 bits per heavy atom. The van der Waals surface area contributed by atoms with Crippen LogP contribution in [0.25, 0.3) is 0 Å². The summed E-state index contributed by atoms with van der Waals surface area (Å²) in [4.78, 5) is 11.6. The van der Waals surface area contributed by atoms with Crippen LogP contribution in [-0.4, -0.2) is 12.0 Å². The molecule has 0 spiro atoms. The topological polar surface area (TPSA) is 52.3 Å². The summed E-state index contributed by atoms with van der Waals surface area (Å²) in [6, 6.07) is 9.15. The van der Waals surface area contributed by atoms with Gasteiger partial charge in [0.05, 0.1) is 0 Å². The van der Waals surface area contributed by atoms with Crippen molar-refractivity contribution in [1.29, 1.82) is 0 Å². The van der Waals surface area contributed by atoms with Crippen molar-refractivity contribution in [2.45, 2.75) is 59.1 Å². The summed E-state index contributed by atoms with van der Waals surface area (Å²) in [5, 5.41) is 0. The molecular weight excluding hydrogens is 238 g/mol. The first kappa shape index (κ1) is 17.6. The van der Waals surface area contributed by atoms with E-state index in [0.29, 0.717) is 13.0 Å². The first-order valence-corrected chi connectivity index (χ1v) is 7.20. The number of hydrogen-bond donors (Lipinski definition) is 1. The van der Waals surface area contributed by atoms with Crippen molar-refractivity contribution in [3.05, 3.63) is 35.9 Å². The van der Waals surface area contributed by atoms with Gasteiger partial charge in [0.15, 0.2) is 0 Å². The quantitative estimate of drug-likeness (QED) is 0.602. The third-order valence-corrected chi connectivity index (χ3v) is 2.65. The summed E-state index contributed by atoms with van der Waals surface area (Å²) in [6.07, 6.45) is 3.94. The lowest BCUT2D eigenvalue weighted by molar-refractivity contribution is -0.146. The first-order chi connectivity index (χ1) is 9.24. The maximum atomic E-state index is 11.6. The number of carbonyl (C=O) groups is 1. The van der Waals surface area contributed by atoms with Gasteiger partial charge in [0.25, 0.3) is 0 Å². The molecule has 1 atom stereocenters. The number of rotatable bonds is 7. The van der Waals surface area contributed by atoms with E-state index in [9.17, 15) is 4.79 Å². The zero-order valence-corrected chi connectivity index (χ0v) is 12.4. The van der Waals surface area contributed by atoms with Crippen LogP contribution in [0.1, 0.15) is 53.4 Å². The summed E-state index contributed by atoms with van der Waals surface area (Å²) in [7, 11) is 0. The molecule has 0 heterocycles. The highest BCUT2D eigenvalue weighted by molar-refractivity contribution is 5.75. The number of unbranched alkanes of at least 4 members (excludes halogenated alkanes) is 2. The van der Waals surface area contributed by atoms with E-state index >= 15 is 0 Å². The second kappa shape index (κ2) is 11.7. The Morgan fingerprint density at radius 2 is 1.89 bits per heavy atom. The highest BCUT2D eigenvalue weighted by Gasteiger charge is 2.14. The predicted octanol–water partition coefficient (Wildman–Crippen LogP) is 3.91. The Bertz CT molecular complexity index is 331. The van der Waals surface area contributed by atoms with Gasteiger partial charge in [-0.2, -0.15) is 0 Å². The van der Waals surface area contributed by atoms with Gasteiger partial charge in [0.1, 0.15) is 12.6 Å². The molecule has 0 aliphatic rings. The maximum absolute atomic E-state index is 11.6. The van der Waals surface area contributed by atoms with E-state index in [1.807, 2.05) is 44.2 Å². The van der Waals surface area contributed by atoms with E-state index in [-0.39, 0.29) is 7.40 Å². The Balaban J connectivity index is 0. The number of nitrogens with two attached hydrogens (primary N) is 1. The molecule has 0 radical (unpaired) electrons. The van der Waals surface area contributed by atoms with Gasteiger partial charge in [-0.05, 0) is 12.0 Å². The molecule has 0 saturated carbocycles. The summed E-state index contributed by atoms with van der Waals surface area (Å²) in [5.74, 6) is -0.301. The zero-order valence-electron chi connectivity index (χ0n) is 12.4. The molecule has 2 N–H and O–H groups in total. The molecular formula is C16H29NO2. The van der Waals surface area contributed by atoms with Crippen LogP contribution in [0, 0.1) is 0 Å². The fourth-order valence-electron chi connectivity index (χ4n) is 1.57. The average Bonchev–Trinajstić information content (AvgIpc) is 2.48. The zero-order chi connectivity index (χ0) is 14.5. The number of ether oxygens (including phenoxy) is 1. The average molecular weight is 267 g/mol. The van der Waals surface area contributed by atoms with E-state index < -0.39 is 6.04 Å². The number of benzene rings is 1. The van der Waals surface area contributed by atoms with Gasteiger partial charge < -0.3 is 10.5 Å². The van der Waals surface area contributed by atoms with E-state index in [1.165, 1.54) is 0 Å². The van der Waals surface area contributed by atoms with Crippen molar-refractivity contribution in [3.63, 3.8) is 0 Å². The van der Waals surface area contributed by atoms with Crippen molar-refractivity contribution >= 4 is 5.97 Å². The normalized spacial score (nSPS) is 11.2. The highest BCUT2D eigenvalue weighted by atomic mass is 16.5. The Labute approximate surface area is 118 Å². The van der Waals surface area contributed by atoms with Crippen LogP contribution >= 0.6 is 0 Å². The molecule has 0 fully saturated rings. The fraction of sp³-hybridized carbons (Fsp3) is 0.562. The minimum absolute atomic E-state index is 0. The minimum Gasteiger partial charge on any atom is -0.460 e. The molecule has 0 aromatic heterocycles. The molecule has 1 aromatic carbocycles. The summed E-state index contributed by atoms with van der Waals surface area (Å²) in [5.41, 5.74) is 6.74. The molecule has 110 valence electrons. The SMILES string of the molecule is CC.CCCCCC(N)C(=O)OCc1ccccc1.[HH]. The van der Waals surface area contributed by atoms with Gasteiger partial charge in [-0.1, -0.05) is 70.4 Å². The molecule has 1 aromatic rings. The molecule has 19 heavy (non-hydrogen) atoms. The second-order valence-electron chi connectivity index (χ2n) is 4.20. The third kappa shape index (κ3) is 8.38. The Hall–Kier alpha value is -1.35. The molecule has 3 heteroatoms. The van der Waals surface area contributed by atoms with Crippen LogP contribution in [0.15, 0.2) is 30.3 Å². The lowest BCUT2D eigenvalue weighted by Crippen LogP contribution is -2.32. The number of esters is 1. The smallest absolute Gasteiger partial charge is 0.323 e. The fourth-order valence-corrected chi connectivity index (χ4v) is 1.57. The van der Waals surface area contributed by atoms with E-state index in [4.69, 9.17) is 10.5 Å². The van der Waals surface area contributed by atoms with Crippen molar-refractivity contribution in [2.75, 3.05) is 0 Å². The molecule has 0 saturated heterocycles. The van der Waals surface area contributed by atoms with Crippen LogP contribution in [0.4, 0.5) is 0 Å². The van der Waals surface area contributed by atoms with E-state index in [0.717, 1.165) is 24.8 Å². The van der Waals surface area contributed by atoms with Gasteiger partial charge >= 0.3 is 5.97 Å². The molecule has 0 aliphatic heterocycles. The monoisotopic (exact) mass is 267 g/mol. The largest absolute Gasteiger partial charge is 0.460 e. The molecule has 3 nitrogen and oxygen atoms in total. The summed E-state index contributed by atoms with van der Waals surface area (Å²) >= 11 is 0. The molecule has 0 amide bonds. The predicted molar refractivity (Wildman–Crippen MR) is 81.8 cm³/mol. The van der Waals surface area contributed by atoms with Crippen molar-refractivity contribution in [2.24, 2.45) is 5.73 Å². The standard InChI is InChI=1S/C14H21NO2.C2H6.H2/c1-2-3-5-10-13(15)14(16)17-11-12-8-6-4-7-9-12;1-2;/h4,6-9,13H,2-3,5,10-11,15H2,1H3;1-2H3;1H. The molecule has 1 rings (SSSR count). The van der Waals surface area contributed by atoms with Crippen molar-refractivity contribution < 1.29 is 11.0 Å². The maximum Gasteiger partial charge on any atom is 0.323 e. The third-order valence-electron chi connectivity index (χ3n) is 2.65. The second-order valence-corrected chi connectivity index (χ2v) is 4.20. The van der Waals surface area contributed by atoms with E-state index in [1.54, 1.807) is 0 Å². The van der Waals surface area contributed by atoms with Crippen molar-refractivity contribution in [1.82, 2.24) is 0 Å². The van der Waals surface area contributed by atoms with E-state index in [2.05, 4.69) is 6.92 Å². The molecule has 0 bridgehead atoms. The van der Waals surface area contributed by atoms with Gasteiger partial charge in [-0.15, -0.1) is 0 Å². The Kier molecular flexibility index (Phi) is 10.9. The van der Waals surface area contributed by atoms with Crippen LogP contribution < -0.4 is 5.73 Å². The first-order valence-electron chi connectivity index (χ1n) is 7.20. The Morgan fingerprint density at radius 1 is 1.26 bits per heavy atom. The minimum atomic E-state index is -0.481. The van der Waals surface area contributed by atoms with Crippen LogP contribution in [0.3, 0.4) is 0 Å². The lowest BCUT2D eigenvalue weighted by atomic mass is 10.1. The number of hydrogen-bond acceptors (Lipinski definition) is 3. The van der Waals surface area contributed by atoms with Crippen LogP contribution in [0.5, 0.6) is 0 Å². The van der Waals surface area contributed by atoms with Gasteiger partial charge in [0.2, 0.25) is 0 Å². The lowest BCUT2D eigenvalue weighted by Gasteiger charge is -2.11.